The fraction of sp³-hybridized carbons (Fsp3) is 0.800. The van der Waals surface area contributed by atoms with Crippen molar-refractivity contribution in [1.29, 1.82) is 0 Å². The van der Waals surface area contributed by atoms with Crippen LogP contribution in [0.2, 0.25) is 0 Å². The van der Waals surface area contributed by atoms with Gasteiger partial charge >= 0.3 is 5.97 Å². The van der Waals surface area contributed by atoms with Crippen molar-refractivity contribution in [1.82, 2.24) is 4.90 Å². The van der Waals surface area contributed by atoms with E-state index in [1.54, 1.807) is 4.90 Å². The predicted octanol–water partition coefficient (Wildman–Crippen LogP) is 0.437. The van der Waals surface area contributed by atoms with Gasteiger partial charge in [-0.15, -0.1) is 0 Å². The van der Waals surface area contributed by atoms with Crippen LogP contribution in [0.15, 0.2) is 0 Å². The Labute approximate surface area is 90.2 Å². The Morgan fingerprint density at radius 3 is 2.33 bits per heavy atom. The molecule has 0 aliphatic carbocycles. The van der Waals surface area contributed by atoms with Crippen LogP contribution >= 0.6 is 0 Å². The van der Waals surface area contributed by atoms with E-state index >= 15 is 0 Å². The highest BCUT2D eigenvalue weighted by Gasteiger charge is 2.24. The van der Waals surface area contributed by atoms with E-state index in [1.807, 2.05) is 13.8 Å². The highest BCUT2D eigenvalue weighted by molar-refractivity contribution is 5.78. The molecule has 1 unspecified atom stereocenters. The summed E-state index contributed by atoms with van der Waals surface area (Å²) >= 11 is 0. The molecule has 0 saturated heterocycles. The maximum Gasteiger partial charge on any atom is 0.320 e. The average molecular weight is 216 g/mol. The molecule has 0 bridgehead atoms. The van der Waals surface area contributed by atoms with Gasteiger partial charge in [-0.25, -0.2) is 0 Å². The first-order valence-corrected chi connectivity index (χ1v) is 5.28. The van der Waals surface area contributed by atoms with Gasteiger partial charge in [0, 0.05) is 0 Å². The normalized spacial score (nSPS) is 12.7. The number of carboxylic acids is 1. The van der Waals surface area contributed by atoms with Crippen molar-refractivity contribution in [3.63, 3.8) is 0 Å². The average Bonchev–Trinajstić information content (AvgIpc) is 2.15. The van der Waals surface area contributed by atoms with Gasteiger partial charge in [0.15, 0.2) is 0 Å². The van der Waals surface area contributed by atoms with Crippen LogP contribution in [0.1, 0.15) is 33.1 Å². The second-order valence-electron chi connectivity index (χ2n) is 3.53. The minimum Gasteiger partial charge on any atom is -0.480 e. The molecule has 0 radical (unpaired) electrons. The van der Waals surface area contributed by atoms with Crippen molar-refractivity contribution in [3.05, 3.63) is 0 Å². The number of carbonyl (C=O) groups excluding carboxylic acids is 1. The van der Waals surface area contributed by atoms with E-state index in [4.69, 9.17) is 10.8 Å². The van der Waals surface area contributed by atoms with Crippen LogP contribution in [-0.4, -0.2) is 41.0 Å². The van der Waals surface area contributed by atoms with Gasteiger partial charge in [0.05, 0.1) is 6.54 Å². The lowest BCUT2D eigenvalue weighted by molar-refractivity contribution is -0.144. The summed E-state index contributed by atoms with van der Waals surface area (Å²) in [5.74, 6) is -1.37. The first-order chi connectivity index (χ1) is 7.02. The smallest absolute Gasteiger partial charge is 0.320 e. The summed E-state index contributed by atoms with van der Waals surface area (Å²) in [5, 5.41) is 9.02. The number of unbranched alkanes of at least 4 members (excludes halogenated alkanes) is 1. The van der Waals surface area contributed by atoms with Crippen LogP contribution in [0.25, 0.3) is 0 Å². The third kappa shape index (κ3) is 5.37. The molecule has 0 rings (SSSR count). The molecule has 0 aliphatic heterocycles. The number of carboxylic acid groups (broad SMARTS) is 1. The molecule has 0 aromatic rings. The summed E-state index contributed by atoms with van der Waals surface area (Å²) < 4.78 is 0. The van der Waals surface area contributed by atoms with Gasteiger partial charge < -0.3 is 10.8 Å². The fourth-order valence-corrected chi connectivity index (χ4v) is 1.50. The Morgan fingerprint density at radius 1 is 1.40 bits per heavy atom. The second-order valence-corrected chi connectivity index (χ2v) is 3.53. The summed E-state index contributed by atoms with van der Waals surface area (Å²) in [7, 11) is 0. The van der Waals surface area contributed by atoms with Crippen LogP contribution < -0.4 is 5.73 Å². The Bertz CT molecular complexity index is 219. The molecule has 0 aliphatic rings. The number of likely N-dealkylation sites (N-methyl/N-ethyl adjacent to an activating group) is 1. The number of hydrogen-bond acceptors (Lipinski definition) is 3. The molecule has 0 spiro atoms. The zero-order chi connectivity index (χ0) is 11.8. The molecule has 3 N–H and O–H groups in total. The van der Waals surface area contributed by atoms with Gasteiger partial charge in [-0.1, -0.05) is 26.7 Å². The maximum absolute atomic E-state index is 11.0. The molecular weight excluding hydrogens is 196 g/mol. The van der Waals surface area contributed by atoms with Crippen molar-refractivity contribution in [2.24, 2.45) is 5.73 Å². The standard InChI is InChI=1S/C10H20N2O3/c1-3-5-6-8(10(14)15)12(4-2)7-9(11)13/h8H,3-7H2,1-2H3,(H2,11,13)(H,14,15). The summed E-state index contributed by atoms with van der Waals surface area (Å²) in [6.45, 7) is 4.36. The lowest BCUT2D eigenvalue weighted by Crippen LogP contribution is -2.45. The third-order valence-electron chi connectivity index (χ3n) is 2.32. The van der Waals surface area contributed by atoms with Crippen molar-refractivity contribution in [2.45, 2.75) is 39.2 Å². The number of amides is 1. The fourth-order valence-electron chi connectivity index (χ4n) is 1.50. The number of carbonyl (C=O) groups is 2. The highest BCUT2D eigenvalue weighted by atomic mass is 16.4. The monoisotopic (exact) mass is 216 g/mol. The number of rotatable bonds is 8. The zero-order valence-corrected chi connectivity index (χ0v) is 9.40. The second kappa shape index (κ2) is 7.23. The zero-order valence-electron chi connectivity index (χ0n) is 9.40. The van der Waals surface area contributed by atoms with Crippen molar-refractivity contribution in [2.75, 3.05) is 13.1 Å². The predicted molar refractivity (Wildman–Crippen MR) is 57.4 cm³/mol. The van der Waals surface area contributed by atoms with E-state index in [0.29, 0.717) is 13.0 Å². The Hall–Kier alpha value is -1.10. The number of aliphatic carboxylic acids is 1. The summed E-state index contributed by atoms with van der Waals surface area (Å²) in [4.78, 5) is 23.3. The molecule has 5 nitrogen and oxygen atoms in total. The Balaban J connectivity index is 4.40. The first-order valence-electron chi connectivity index (χ1n) is 5.28. The molecule has 15 heavy (non-hydrogen) atoms. The minimum absolute atomic E-state index is 0.0111. The van der Waals surface area contributed by atoms with Crippen molar-refractivity contribution < 1.29 is 14.7 Å². The largest absolute Gasteiger partial charge is 0.480 e. The molecule has 1 amide bonds. The van der Waals surface area contributed by atoms with E-state index in [-0.39, 0.29) is 6.54 Å². The number of hydrogen-bond donors (Lipinski definition) is 2. The van der Waals surface area contributed by atoms with Gasteiger partial charge in [0.1, 0.15) is 6.04 Å². The lowest BCUT2D eigenvalue weighted by atomic mass is 10.1. The van der Waals surface area contributed by atoms with Crippen LogP contribution in [0.3, 0.4) is 0 Å². The van der Waals surface area contributed by atoms with E-state index in [2.05, 4.69) is 0 Å². The first kappa shape index (κ1) is 13.9. The van der Waals surface area contributed by atoms with Gasteiger partial charge in [-0.05, 0) is 13.0 Å². The number of primary amides is 1. The van der Waals surface area contributed by atoms with Crippen LogP contribution in [-0.2, 0) is 9.59 Å². The van der Waals surface area contributed by atoms with E-state index in [0.717, 1.165) is 12.8 Å². The molecular formula is C10H20N2O3. The van der Waals surface area contributed by atoms with Gasteiger partial charge in [-0.2, -0.15) is 0 Å². The lowest BCUT2D eigenvalue weighted by Gasteiger charge is -2.26. The quantitative estimate of drug-likeness (QED) is 0.616. The summed E-state index contributed by atoms with van der Waals surface area (Å²) in [6.07, 6.45) is 2.34. The number of nitrogens with zero attached hydrogens (tertiary/aromatic N) is 1. The van der Waals surface area contributed by atoms with E-state index in [1.165, 1.54) is 0 Å². The Kier molecular flexibility index (Phi) is 6.70. The molecule has 0 aromatic heterocycles. The molecule has 0 fully saturated rings. The Morgan fingerprint density at radius 2 is 2.00 bits per heavy atom. The number of nitrogens with two attached hydrogens (primary N) is 1. The molecule has 5 heteroatoms. The summed E-state index contributed by atoms with van der Waals surface area (Å²) in [5.41, 5.74) is 5.06. The van der Waals surface area contributed by atoms with Gasteiger partial charge in [0.25, 0.3) is 0 Å². The SMILES string of the molecule is CCCCC(C(=O)O)N(CC)CC(N)=O. The minimum atomic E-state index is -0.883. The molecule has 0 saturated carbocycles. The van der Waals surface area contributed by atoms with Crippen LogP contribution in [0, 0.1) is 0 Å². The molecule has 0 aromatic carbocycles. The van der Waals surface area contributed by atoms with Gasteiger partial charge in [0.2, 0.25) is 5.91 Å². The van der Waals surface area contributed by atoms with E-state index < -0.39 is 17.9 Å². The maximum atomic E-state index is 11.0. The topological polar surface area (TPSA) is 83.6 Å². The van der Waals surface area contributed by atoms with Crippen molar-refractivity contribution in [3.8, 4) is 0 Å². The van der Waals surface area contributed by atoms with E-state index in [9.17, 15) is 9.59 Å². The highest BCUT2D eigenvalue weighted by Crippen LogP contribution is 2.08. The molecule has 1 atom stereocenters. The summed E-state index contributed by atoms with van der Waals surface area (Å²) in [6, 6.07) is -0.595. The van der Waals surface area contributed by atoms with Gasteiger partial charge in [-0.3, -0.25) is 14.5 Å². The molecule has 0 heterocycles. The van der Waals surface area contributed by atoms with Crippen LogP contribution in [0.4, 0.5) is 0 Å². The molecule has 88 valence electrons. The van der Waals surface area contributed by atoms with Crippen LogP contribution in [0.5, 0.6) is 0 Å². The third-order valence-corrected chi connectivity index (χ3v) is 2.32. The van der Waals surface area contributed by atoms with Crippen molar-refractivity contribution >= 4 is 11.9 Å².